The topological polar surface area (TPSA) is 55.6 Å². The lowest BCUT2D eigenvalue weighted by molar-refractivity contribution is 0.0944. The number of fused-ring (bicyclic) bond motifs is 1. The van der Waals surface area contributed by atoms with Gasteiger partial charge in [-0.3, -0.25) is 9.20 Å². The first-order valence-electron chi connectivity index (χ1n) is 7.74. The van der Waals surface area contributed by atoms with E-state index in [1.54, 1.807) is 41.8 Å². The normalized spacial score (nSPS) is 10.8. The zero-order valence-electron chi connectivity index (χ0n) is 13.5. The van der Waals surface area contributed by atoms with E-state index in [-0.39, 0.29) is 18.3 Å². The minimum atomic E-state index is -0.341. The van der Waals surface area contributed by atoms with Crippen molar-refractivity contribution in [1.29, 1.82) is 0 Å². The standard InChI is InChI=1S/C18H18FN3O2/c1-3-24-15-9-6-10-22-16(12(2)21-17(15)22)18(23)20-11-13-7-4-5-8-14(13)19/h4-10H,3,11H2,1-2H3,(H,20,23). The largest absolute Gasteiger partial charge is 0.490 e. The summed E-state index contributed by atoms with van der Waals surface area (Å²) in [4.78, 5) is 17.0. The highest BCUT2D eigenvalue weighted by atomic mass is 19.1. The molecule has 24 heavy (non-hydrogen) atoms. The Morgan fingerprint density at radius 2 is 2.08 bits per heavy atom. The van der Waals surface area contributed by atoms with E-state index in [1.807, 2.05) is 13.0 Å². The number of imidazole rings is 1. The fourth-order valence-corrected chi connectivity index (χ4v) is 2.60. The monoisotopic (exact) mass is 327 g/mol. The van der Waals surface area contributed by atoms with E-state index in [0.717, 1.165) is 0 Å². The highest BCUT2D eigenvalue weighted by Gasteiger charge is 2.18. The van der Waals surface area contributed by atoms with Crippen LogP contribution in [0.5, 0.6) is 5.75 Å². The van der Waals surface area contributed by atoms with Crippen LogP contribution in [-0.2, 0) is 6.54 Å². The van der Waals surface area contributed by atoms with E-state index in [4.69, 9.17) is 4.74 Å². The lowest BCUT2D eigenvalue weighted by Gasteiger charge is -2.08. The maximum atomic E-state index is 13.7. The molecule has 0 radical (unpaired) electrons. The van der Waals surface area contributed by atoms with Crippen molar-refractivity contribution in [2.24, 2.45) is 0 Å². The molecule has 2 heterocycles. The number of aromatic nitrogens is 2. The van der Waals surface area contributed by atoms with Crippen LogP contribution in [0.25, 0.3) is 5.65 Å². The summed E-state index contributed by atoms with van der Waals surface area (Å²) in [6.07, 6.45) is 1.76. The van der Waals surface area contributed by atoms with Gasteiger partial charge in [0.05, 0.1) is 12.3 Å². The first kappa shape index (κ1) is 16.0. The number of halogens is 1. The van der Waals surface area contributed by atoms with Gasteiger partial charge in [-0.1, -0.05) is 18.2 Å². The Hall–Kier alpha value is -2.89. The van der Waals surface area contributed by atoms with E-state index in [9.17, 15) is 9.18 Å². The van der Waals surface area contributed by atoms with Crippen LogP contribution < -0.4 is 10.1 Å². The zero-order valence-corrected chi connectivity index (χ0v) is 13.5. The number of aryl methyl sites for hydroxylation is 1. The van der Waals surface area contributed by atoms with Crippen molar-refractivity contribution in [2.45, 2.75) is 20.4 Å². The number of pyridine rings is 1. The molecule has 6 heteroatoms. The van der Waals surface area contributed by atoms with Crippen molar-refractivity contribution < 1.29 is 13.9 Å². The number of benzene rings is 1. The van der Waals surface area contributed by atoms with Crippen molar-refractivity contribution in [1.82, 2.24) is 14.7 Å². The molecule has 0 unspecified atom stereocenters. The molecule has 1 aromatic carbocycles. The fourth-order valence-electron chi connectivity index (χ4n) is 2.60. The third-order valence-corrected chi connectivity index (χ3v) is 3.70. The molecule has 0 spiro atoms. The Morgan fingerprint density at radius 1 is 1.29 bits per heavy atom. The third kappa shape index (κ3) is 2.95. The van der Waals surface area contributed by atoms with Gasteiger partial charge in [-0.05, 0) is 32.0 Å². The summed E-state index contributed by atoms with van der Waals surface area (Å²) in [6, 6.07) is 9.97. The van der Waals surface area contributed by atoms with Gasteiger partial charge in [-0.2, -0.15) is 0 Å². The molecule has 3 rings (SSSR count). The number of rotatable bonds is 5. The second-order valence-electron chi connectivity index (χ2n) is 5.32. The molecular weight excluding hydrogens is 309 g/mol. The van der Waals surface area contributed by atoms with Crippen molar-refractivity contribution in [3.8, 4) is 5.75 Å². The molecule has 2 aromatic heterocycles. The zero-order chi connectivity index (χ0) is 17.1. The van der Waals surface area contributed by atoms with Gasteiger partial charge in [-0.25, -0.2) is 9.37 Å². The molecule has 0 atom stereocenters. The summed E-state index contributed by atoms with van der Waals surface area (Å²) < 4.78 is 20.9. The van der Waals surface area contributed by atoms with Crippen molar-refractivity contribution in [3.63, 3.8) is 0 Å². The maximum absolute atomic E-state index is 13.7. The van der Waals surface area contributed by atoms with E-state index >= 15 is 0 Å². The number of hydrogen-bond acceptors (Lipinski definition) is 3. The van der Waals surface area contributed by atoms with E-state index in [0.29, 0.717) is 35.0 Å². The number of ether oxygens (including phenoxy) is 1. The number of nitrogens with one attached hydrogen (secondary N) is 1. The number of amides is 1. The SMILES string of the molecule is CCOc1cccn2c(C(=O)NCc3ccccc3F)c(C)nc12. The van der Waals surface area contributed by atoms with Crippen molar-refractivity contribution in [2.75, 3.05) is 6.61 Å². The Kier molecular flexibility index (Phi) is 4.46. The molecule has 0 aliphatic rings. The molecule has 3 aromatic rings. The smallest absolute Gasteiger partial charge is 0.270 e. The minimum Gasteiger partial charge on any atom is -0.490 e. The summed E-state index contributed by atoms with van der Waals surface area (Å²) in [6.45, 7) is 4.28. The lowest BCUT2D eigenvalue weighted by atomic mass is 10.2. The van der Waals surface area contributed by atoms with Crippen molar-refractivity contribution in [3.05, 3.63) is 65.4 Å². The molecule has 0 saturated carbocycles. The van der Waals surface area contributed by atoms with E-state index < -0.39 is 0 Å². The van der Waals surface area contributed by atoms with Gasteiger partial charge in [0.1, 0.15) is 11.5 Å². The van der Waals surface area contributed by atoms with Crippen LogP contribution in [-0.4, -0.2) is 21.9 Å². The van der Waals surface area contributed by atoms with Crippen LogP contribution in [0.1, 0.15) is 28.7 Å². The molecule has 1 N–H and O–H groups in total. The molecule has 0 fully saturated rings. The summed E-state index contributed by atoms with van der Waals surface area (Å²) in [7, 11) is 0. The van der Waals surface area contributed by atoms with Crippen LogP contribution in [0.3, 0.4) is 0 Å². The maximum Gasteiger partial charge on any atom is 0.270 e. The predicted octanol–water partition coefficient (Wildman–Crippen LogP) is 3.11. The van der Waals surface area contributed by atoms with Crippen molar-refractivity contribution >= 4 is 11.6 Å². The van der Waals surface area contributed by atoms with Crippen LogP contribution >= 0.6 is 0 Å². The number of nitrogens with zero attached hydrogens (tertiary/aromatic N) is 2. The van der Waals surface area contributed by atoms with Crippen LogP contribution in [0.2, 0.25) is 0 Å². The average Bonchev–Trinajstić information content (AvgIpc) is 2.91. The van der Waals surface area contributed by atoms with Gasteiger partial charge < -0.3 is 10.1 Å². The van der Waals surface area contributed by atoms with Gasteiger partial charge in [-0.15, -0.1) is 0 Å². The summed E-state index contributed by atoms with van der Waals surface area (Å²) >= 11 is 0. The second kappa shape index (κ2) is 6.70. The summed E-state index contributed by atoms with van der Waals surface area (Å²) in [5.74, 6) is -0.0283. The number of hydrogen-bond donors (Lipinski definition) is 1. The van der Waals surface area contributed by atoms with Gasteiger partial charge in [0.25, 0.3) is 5.91 Å². The third-order valence-electron chi connectivity index (χ3n) is 3.70. The molecule has 5 nitrogen and oxygen atoms in total. The number of carbonyl (C=O) groups is 1. The second-order valence-corrected chi connectivity index (χ2v) is 5.32. The average molecular weight is 327 g/mol. The molecule has 0 bridgehead atoms. The van der Waals surface area contributed by atoms with Gasteiger partial charge in [0.15, 0.2) is 11.4 Å². The highest BCUT2D eigenvalue weighted by molar-refractivity contribution is 5.94. The molecule has 0 saturated heterocycles. The Morgan fingerprint density at radius 3 is 2.83 bits per heavy atom. The van der Waals surface area contributed by atoms with Gasteiger partial charge >= 0.3 is 0 Å². The molecule has 1 amide bonds. The van der Waals surface area contributed by atoms with Gasteiger partial charge in [0, 0.05) is 18.3 Å². The molecule has 124 valence electrons. The highest BCUT2D eigenvalue weighted by Crippen LogP contribution is 2.22. The Labute approximate surface area is 139 Å². The lowest BCUT2D eigenvalue weighted by Crippen LogP contribution is -2.25. The Balaban J connectivity index is 1.89. The number of carbonyl (C=O) groups excluding carboxylic acids is 1. The van der Waals surface area contributed by atoms with Crippen LogP contribution in [0.15, 0.2) is 42.6 Å². The Bertz CT molecular complexity index is 889. The fraction of sp³-hybridized carbons (Fsp3) is 0.222. The molecule has 0 aliphatic carbocycles. The van der Waals surface area contributed by atoms with E-state index in [1.165, 1.54) is 6.07 Å². The first-order chi connectivity index (χ1) is 11.6. The van der Waals surface area contributed by atoms with Crippen LogP contribution in [0, 0.1) is 12.7 Å². The van der Waals surface area contributed by atoms with E-state index in [2.05, 4.69) is 10.3 Å². The molecule has 0 aliphatic heterocycles. The molecular formula is C18H18FN3O2. The minimum absolute atomic E-state index is 0.114. The predicted molar refractivity (Wildman–Crippen MR) is 88.7 cm³/mol. The summed E-state index contributed by atoms with van der Waals surface area (Å²) in [5, 5.41) is 2.75. The summed E-state index contributed by atoms with van der Waals surface area (Å²) in [5.41, 5.74) is 2.04. The first-order valence-corrected chi connectivity index (χ1v) is 7.74. The van der Waals surface area contributed by atoms with Gasteiger partial charge in [0.2, 0.25) is 0 Å². The van der Waals surface area contributed by atoms with Crippen LogP contribution in [0.4, 0.5) is 4.39 Å². The quantitative estimate of drug-likeness (QED) is 0.783.